The summed E-state index contributed by atoms with van der Waals surface area (Å²) in [4.78, 5) is 17.1. The summed E-state index contributed by atoms with van der Waals surface area (Å²) in [6.45, 7) is 4.05. The molecular weight excluding hydrogens is 370 g/mol. The molecule has 142 valence electrons. The van der Waals surface area contributed by atoms with Gasteiger partial charge in [-0.2, -0.15) is 0 Å². The van der Waals surface area contributed by atoms with Crippen LogP contribution in [0.3, 0.4) is 0 Å². The molecule has 0 radical (unpaired) electrons. The zero-order valence-corrected chi connectivity index (χ0v) is 16.6. The summed E-state index contributed by atoms with van der Waals surface area (Å²) in [5.41, 5.74) is 2.59. The molecule has 4 rings (SSSR count). The summed E-state index contributed by atoms with van der Waals surface area (Å²) < 4.78 is 1.94. The molecule has 6 nitrogen and oxygen atoms in total. The molecule has 0 saturated heterocycles. The summed E-state index contributed by atoms with van der Waals surface area (Å²) in [6, 6.07) is 18.0. The van der Waals surface area contributed by atoms with E-state index in [1.54, 1.807) is 0 Å². The Kier molecular flexibility index (Phi) is 5.25. The van der Waals surface area contributed by atoms with Gasteiger partial charge < -0.3 is 5.32 Å². The van der Waals surface area contributed by atoms with Gasteiger partial charge in [0.1, 0.15) is 5.82 Å². The summed E-state index contributed by atoms with van der Waals surface area (Å²) in [7, 11) is 0. The molecule has 0 aliphatic carbocycles. The van der Waals surface area contributed by atoms with Gasteiger partial charge in [-0.1, -0.05) is 61.2 Å². The highest BCUT2D eigenvalue weighted by Crippen LogP contribution is 2.28. The highest BCUT2D eigenvalue weighted by atomic mass is 32.2. The third-order valence-electron chi connectivity index (χ3n) is 4.60. The highest BCUT2D eigenvalue weighted by molar-refractivity contribution is 7.99. The quantitative estimate of drug-likeness (QED) is 0.504. The molecule has 1 amide bonds. The summed E-state index contributed by atoms with van der Waals surface area (Å²) >= 11 is 1.37. The van der Waals surface area contributed by atoms with E-state index in [0.717, 1.165) is 34.4 Å². The van der Waals surface area contributed by atoms with Gasteiger partial charge in [0.05, 0.1) is 11.3 Å². The topological polar surface area (TPSA) is 72.2 Å². The maximum absolute atomic E-state index is 12.2. The van der Waals surface area contributed by atoms with Crippen LogP contribution in [0.25, 0.3) is 27.9 Å². The van der Waals surface area contributed by atoms with Crippen LogP contribution in [0.2, 0.25) is 0 Å². The number of carbonyl (C=O) groups excluding carboxylic acids is 1. The van der Waals surface area contributed by atoms with Crippen LogP contribution in [0, 0.1) is 0 Å². The number of rotatable bonds is 6. The zero-order valence-electron chi connectivity index (χ0n) is 15.8. The molecule has 0 unspecified atom stereocenters. The number of nitrogens with one attached hydrogen (secondary N) is 1. The molecular formula is C21H21N5OS. The average Bonchev–Trinajstić information content (AvgIpc) is 3.16. The number of amides is 1. The number of nitrogens with zero attached hydrogens (tertiary/aromatic N) is 4. The second-order valence-electron chi connectivity index (χ2n) is 6.63. The van der Waals surface area contributed by atoms with Crippen molar-refractivity contribution in [3.8, 4) is 11.4 Å². The van der Waals surface area contributed by atoms with Gasteiger partial charge in [0.15, 0.2) is 10.8 Å². The van der Waals surface area contributed by atoms with Crippen LogP contribution in [-0.4, -0.2) is 37.3 Å². The van der Waals surface area contributed by atoms with Crippen LogP contribution in [0.5, 0.6) is 0 Å². The fraction of sp³-hybridized carbons (Fsp3) is 0.238. The lowest BCUT2D eigenvalue weighted by atomic mass is 10.2. The van der Waals surface area contributed by atoms with Crippen LogP contribution in [0.15, 0.2) is 59.8 Å². The van der Waals surface area contributed by atoms with E-state index in [2.05, 4.69) is 15.5 Å². The minimum atomic E-state index is -0.00823. The van der Waals surface area contributed by atoms with Gasteiger partial charge in [-0.05, 0) is 25.5 Å². The molecule has 7 heteroatoms. The molecule has 2 heterocycles. The second kappa shape index (κ2) is 7.98. The number of hydrogen-bond acceptors (Lipinski definition) is 5. The Morgan fingerprint density at radius 1 is 1.11 bits per heavy atom. The minimum absolute atomic E-state index is 0.00823. The van der Waals surface area contributed by atoms with Crippen molar-refractivity contribution in [3.05, 3.63) is 54.6 Å². The maximum Gasteiger partial charge on any atom is 0.230 e. The third-order valence-corrected chi connectivity index (χ3v) is 5.53. The molecule has 2 aromatic heterocycles. The van der Waals surface area contributed by atoms with Crippen molar-refractivity contribution in [2.45, 2.75) is 31.5 Å². The summed E-state index contributed by atoms with van der Waals surface area (Å²) in [5, 5.41) is 13.3. The van der Waals surface area contributed by atoms with E-state index in [9.17, 15) is 4.79 Å². The number of carbonyl (C=O) groups is 1. The Hall–Kier alpha value is -2.93. The van der Waals surface area contributed by atoms with E-state index >= 15 is 0 Å². The van der Waals surface area contributed by atoms with Gasteiger partial charge in [-0.25, -0.2) is 4.98 Å². The lowest BCUT2D eigenvalue weighted by molar-refractivity contribution is -0.119. The zero-order chi connectivity index (χ0) is 19.5. The van der Waals surface area contributed by atoms with Crippen molar-refractivity contribution < 1.29 is 4.79 Å². The van der Waals surface area contributed by atoms with Crippen LogP contribution in [-0.2, 0) is 4.79 Å². The first-order valence-electron chi connectivity index (χ1n) is 9.29. The molecule has 28 heavy (non-hydrogen) atoms. The van der Waals surface area contributed by atoms with Crippen LogP contribution >= 0.6 is 11.8 Å². The summed E-state index contributed by atoms with van der Waals surface area (Å²) in [6.07, 6.45) is 0.901. The first-order valence-corrected chi connectivity index (χ1v) is 10.3. The Bertz CT molecular complexity index is 1130. The van der Waals surface area contributed by atoms with Crippen molar-refractivity contribution in [1.82, 2.24) is 24.9 Å². The molecule has 0 aliphatic rings. The van der Waals surface area contributed by atoms with Gasteiger partial charge >= 0.3 is 0 Å². The standard InChI is InChI=1S/C21H21N5OS/c1-3-14(2)22-18(27)13-28-21-25-24-20-16-11-7-8-12-17(16)23-19(26(20)21)15-9-5-4-6-10-15/h4-12,14H,3,13H2,1-2H3,(H,22,27)/t14-/m1/s1. The minimum Gasteiger partial charge on any atom is -0.353 e. The molecule has 0 aliphatic heterocycles. The maximum atomic E-state index is 12.2. The van der Waals surface area contributed by atoms with Crippen LogP contribution in [0.1, 0.15) is 20.3 Å². The van der Waals surface area contributed by atoms with Crippen molar-refractivity contribution >= 4 is 34.2 Å². The van der Waals surface area contributed by atoms with E-state index in [4.69, 9.17) is 4.98 Å². The molecule has 0 spiro atoms. The van der Waals surface area contributed by atoms with Gasteiger partial charge in [-0.15, -0.1) is 10.2 Å². The Morgan fingerprint density at radius 2 is 1.86 bits per heavy atom. The van der Waals surface area contributed by atoms with Crippen LogP contribution < -0.4 is 5.32 Å². The predicted molar refractivity (Wildman–Crippen MR) is 112 cm³/mol. The largest absolute Gasteiger partial charge is 0.353 e. The lowest BCUT2D eigenvalue weighted by Crippen LogP contribution is -2.33. The Balaban J connectivity index is 1.78. The van der Waals surface area contributed by atoms with Gasteiger partial charge in [0.25, 0.3) is 0 Å². The van der Waals surface area contributed by atoms with E-state index in [1.807, 2.05) is 72.8 Å². The lowest BCUT2D eigenvalue weighted by Gasteiger charge is -2.11. The van der Waals surface area contributed by atoms with Gasteiger partial charge in [0, 0.05) is 17.0 Å². The van der Waals surface area contributed by atoms with Crippen LogP contribution in [0.4, 0.5) is 0 Å². The average molecular weight is 392 g/mol. The van der Waals surface area contributed by atoms with Crippen molar-refractivity contribution in [1.29, 1.82) is 0 Å². The molecule has 4 aromatic rings. The molecule has 1 N–H and O–H groups in total. The molecule has 0 bridgehead atoms. The number of benzene rings is 2. The highest BCUT2D eigenvalue weighted by Gasteiger charge is 2.17. The van der Waals surface area contributed by atoms with Crippen molar-refractivity contribution in [2.24, 2.45) is 0 Å². The van der Waals surface area contributed by atoms with E-state index in [-0.39, 0.29) is 17.7 Å². The fourth-order valence-electron chi connectivity index (χ4n) is 2.98. The number of para-hydroxylation sites is 1. The molecule has 2 aromatic carbocycles. The molecule has 1 atom stereocenters. The first-order chi connectivity index (χ1) is 13.7. The number of fused-ring (bicyclic) bond motifs is 3. The van der Waals surface area contributed by atoms with Crippen molar-refractivity contribution in [2.75, 3.05) is 5.75 Å². The molecule has 0 saturated carbocycles. The predicted octanol–water partition coefficient (Wildman–Crippen LogP) is 3.95. The van der Waals surface area contributed by atoms with E-state index in [0.29, 0.717) is 5.16 Å². The molecule has 0 fully saturated rings. The number of aromatic nitrogens is 4. The van der Waals surface area contributed by atoms with Gasteiger partial charge in [-0.3, -0.25) is 9.20 Å². The SMILES string of the molecule is CC[C@@H](C)NC(=O)CSc1nnc2c3ccccc3nc(-c3ccccc3)n12. The third kappa shape index (κ3) is 3.57. The van der Waals surface area contributed by atoms with Crippen molar-refractivity contribution in [3.63, 3.8) is 0 Å². The number of thioether (sulfide) groups is 1. The Labute approximate surface area is 167 Å². The normalized spacial score (nSPS) is 12.4. The van der Waals surface area contributed by atoms with E-state index in [1.165, 1.54) is 11.8 Å². The summed E-state index contributed by atoms with van der Waals surface area (Å²) in [5.74, 6) is 1.04. The Morgan fingerprint density at radius 3 is 2.64 bits per heavy atom. The van der Waals surface area contributed by atoms with E-state index < -0.39 is 0 Å². The monoisotopic (exact) mass is 391 g/mol. The smallest absolute Gasteiger partial charge is 0.230 e. The number of hydrogen-bond donors (Lipinski definition) is 1. The van der Waals surface area contributed by atoms with Gasteiger partial charge in [0.2, 0.25) is 5.91 Å². The first kappa shape index (κ1) is 18.4. The fourth-order valence-corrected chi connectivity index (χ4v) is 3.73. The second-order valence-corrected chi connectivity index (χ2v) is 7.57.